The van der Waals surface area contributed by atoms with Gasteiger partial charge in [-0.1, -0.05) is 0 Å². The van der Waals surface area contributed by atoms with Crippen molar-refractivity contribution in [2.45, 2.75) is 12.2 Å². The Balaban J connectivity index is 2.70. The second-order valence-electron chi connectivity index (χ2n) is 2.52. The summed E-state index contributed by atoms with van der Waals surface area (Å²) in [6.07, 6.45) is -3.14. The first-order valence-electron chi connectivity index (χ1n) is 3.43. The maximum absolute atomic E-state index is 10.8. The van der Waals surface area contributed by atoms with Crippen molar-refractivity contribution in [2.75, 3.05) is 13.2 Å². The fourth-order valence-electron chi connectivity index (χ4n) is 0.744. The summed E-state index contributed by atoms with van der Waals surface area (Å²) in [5.41, 5.74) is 0. The molecule has 0 bridgehead atoms. The highest BCUT2D eigenvalue weighted by atomic mass is 31.2. The molecule has 3 atom stereocenters. The van der Waals surface area contributed by atoms with Gasteiger partial charge >= 0.3 is 7.82 Å². The van der Waals surface area contributed by atoms with Crippen LogP contribution < -0.4 is 0 Å². The molecule has 0 saturated carbocycles. The zero-order valence-corrected chi connectivity index (χ0v) is 7.39. The molecule has 3 N–H and O–H groups in total. The van der Waals surface area contributed by atoms with Gasteiger partial charge in [-0.3, -0.25) is 13.8 Å². The average molecular weight is 212 g/mol. The predicted molar refractivity (Wildman–Crippen MR) is 38.7 cm³/mol. The van der Waals surface area contributed by atoms with Gasteiger partial charge in [-0.15, -0.1) is 0 Å². The molecule has 1 fully saturated rings. The van der Waals surface area contributed by atoms with Crippen LogP contribution in [0.5, 0.6) is 0 Å². The number of hydrogen-bond acceptors (Lipinski definition) is 6. The molecule has 1 aliphatic heterocycles. The van der Waals surface area contributed by atoms with Gasteiger partial charge in [0, 0.05) is 0 Å². The molecule has 1 aliphatic rings. The molecule has 76 valence electrons. The number of rotatable bonds is 0. The minimum Gasteiger partial charge on any atom is -0.388 e. The monoisotopic (exact) mass is 212 g/mol. The van der Waals surface area contributed by atoms with Crippen LogP contribution in [0, 0.1) is 0 Å². The van der Waals surface area contributed by atoms with Crippen LogP contribution in [0.15, 0.2) is 0 Å². The van der Waals surface area contributed by atoms with Crippen molar-refractivity contribution in [1.29, 1.82) is 0 Å². The molecule has 0 aromatic carbocycles. The van der Waals surface area contributed by atoms with E-state index in [2.05, 4.69) is 9.05 Å². The lowest BCUT2D eigenvalue weighted by molar-refractivity contribution is -0.139. The molecule has 0 aromatic rings. The van der Waals surface area contributed by atoms with Gasteiger partial charge in [0.15, 0.2) is 5.78 Å². The van der Waals surface area contributed by atoms with E-state index in [1.807, 2.05) is 0 Å². The number of phosphoric ester groups is 1. The Morgan fingerprint density at radius 2 is 2.00 bits per heavy atom. The highest BCUT2D eigenvalue weighted by Gasteiger charge is 2.33. The minimum absolute atomic E-state index is 0.624. The van der Waals surface area contributed by atoms with E-state index >= 15 is 0 Å². The van der Waals surface area contributed by atoms with Gasteiger partial charge in [-0.2, -0.15) is 0 Å². The Labute approximate surface area is 73.5 Å². The summed E-state index contributed by atoms with van der Waals surface area (Å²) in [6.45, 7) is -1.38. The standard InChI is InChI=1S/C5H9O7P/c6-3-1-11-13(9,10)12-2-4(7)5(3)8/h3,5-6,8H,1-2H2,(H,9,10)/t3-,5-/m1/s1. The summed E-state index contributed by atoms with van der Waals surface area (Å²) >= 11 is 0. The average Bonchev–Trinajstić information content (AvgIpc) is 2.08. The molecule has 0 aliphatic carbocycles. The first kappa shape index (κ1) is 10.8. The van der Waals surface area contributed by atoms with Crippen LogP contribution in [0.3, 0.4) is 0 Å². The Hall–Kier alpha value is -0.300. The largest absolute Gasteiger partial charge is 0.472 e. The molecule has 7 nitrogen and oxygen atoms in total. The van der Waals surface area contributed by atoms with Crippen molar-refractivity contribution in [3.8, 4) is 0 Å². The van der Waals surface area contributed by atoms with E-state index in [0.29, 0.717) is 0 Å². The molecular formula is C5H9O7P. The fourth-order valence-corrected chi connectivity index (χ4v) is 1.45. The molecule has 0 radical (unpaired) electrons. The lowest BCUT2D eigenvalue weighted by atomic mass is 10.1. The summed E-state index contributed by atoms with van der Waals surface area (Å²) in [6, 6.07) is 0. The molecule has 13 heavy (non-hydrogen) atoms. The predicted octanol–water partition coefficient (Wildman–Crippen LogP) is -1.58. The molecule has 1 saturated heterocycles. The van der Waals surface area contributed by atoms with E-state index in [-0.39, 0.29) is 0 Å². The fraction of sp³-hybridized carbons (Fsp3) is 0.800. The number of hydrogen-bond donors (Lipinski definition) is 3. The lowest BCUT2D eigenvalue weighted by Gasteiger charge is -2.22. The Bertz CT molecular complexity index is 251. The second-order valence-corrected chi connectivity index (χ2v) is 3.97. The van der Waals surface area contributed by atoms with Crippen LogP contribution in [0.25, 0.3) is 0 Å². The van der Waals surface area contributed by atoms with E-state index in [9.17, 15) is 9.36 Å². The van der Waals surface area contributed by atoms with Crippen LogP contribution in [0.4, 0.5) is 0 Å². The second kappa shape index (κ2) is 3.83. The van der Waals surface area contributed by atoms with Crippen LogP contribution in [0.2, 0.25) is 0 Å². The van der Waals surface area contributed by atoms with E-state index in [1.165, 1.54) is 0 Å². The Kier molecular flexibility index (Phi) is 3.18. The van der Waals surface area contributed by atoms with Gasteiger partial charge in [-0.25, -0.2) is 4.57 Å². The van der Waals surface area contributed by atoms with Crippen molar-refractivity contribution in [3.63, 3.8) is 0 Å². The van der Waals surface area contributed by atoms with E-state index in [0.717, 1.165) is 0 Å². The minimum atomic E-state index is -4.25. The van der Waals surface area contributed by atoms with E-state index in [1.54, 1.807) is 0 Å². The first-order valence-corrected chi connectivity index (χ1v) is 4.92. The summed E-state index contributed by atoms with van der Waals surface area (Å²) in [5, 5.41) is 18.0. The molecule has 0 aromatic heterocycles. The van der Waals surface area contributed by atoms with Crippen LogP contribution in [-0.4, -0.2) is 46.3 Å². The Morgan fingerprint density at radius 1 is 1.38 bits per heavy atom. The lowest BCUT2D eigenvalue weighted by Crippen LogP contribution is -2.40. The zero-order valence-electron chi connectivity index (χ0n) is 6.49. The summed E-state index contributed by atoms with van der Waals surface area (Å²) in [5.74, 6) is -0.856. The maximum atomic E-state index is 10.8. The number of aliphatic hydroxyl groups excluding tert-OH is 2. The molecular weight excluding hydrogens is 203 g/mol. The third kappa shape index (κ3) is 2.84. The number of carbonyl (C=O) groups is 1. The van der Waals surface area contributed by atoms with Crippen LogP contribution in [-0.2, 0) is 18.4 Å². The summed E-state index contributed by atoms with van der Waals surface area (Å²) in [7, 11) is -4.25. The Morgan fingerprint density at radius 3 is 2.62 bits per heavy atom. The number of ketones is 1. The first-order chi connectivity index (χ1) is 5.92. The quantitative estimate of drug-likeness (QED) is 0.415. The van der Waals surface area contributed by atoms with E-state index < -0.39 is 39.0 Å². The highest BCUT2D eigenvalue weighted by molar-refractivity contribution is 7.47. The zero-order chi connectivity index (χ0) is 10.1. The molecule has 1 unspecified atom stereocenters. The molecule has 0 amide bonds. The number of aliphatic hydroxyl groups is 2. The number of phosphoric acid groups is 1. The van der Waals surface area contributed by atoms with Gasteiger partial charge < -0.3 is 15.1 Å². The van der Waals surface area contributed by atoms with Crippen LogP contribution >= 0.6 is 7.82 Å². The van der Waals surface area contributed by atoms with Crippen LogP contribution in [0.1, 0.15) is 0 Å². The van der Waals surface area contributed by atoms with Gasteiger partial charge in [0.1, 0.15) is 18.8 Å². The van der Waals surface area contributed by atoms with Crippen molar-refractivity contribution in [3.05, 3.63) is 0 Å². The number of Topliss-reactive ketones (excluding diaryl/α,β-unsaturated/α-hetero) is 1. The SMILES string of the molecule is O=C1COP(=O)(O)OC[C@@H](O)[C@H]1O. The third-order valence-corrected chi connectivity index (χ3v) is 2.40. The van der Waals surface area contributed by atoms with Gasteiger partial charge in [0.05, 0.1) is 6.61 Å². The summed E-state index contributed by atoms with van der Waals surface area (Å²) < 4.78 is 19.2. The van der Waals surface area contributed by atoms with Crippen molar-refractivity contribution in [1.82, 2.24) is 0 Å². The number of carbonyl (C=O) groups excluding carboxylic acids is 1. The van der Waals surface area contributed by atoms with Crippen molar-refractivity contribution in [2.24, 2.45) is 0 Å². The van der Waals surface area contributed by atoms with E-state index in [4.69, 9.17) is 15.1 Å². The summed E-state index contributed by atoms with van der Waals surface area (Å²) in [4.78, 5) is 19.6. The highest BCUT2D eigenvalue weighted by Crippen LogP contribution is 2.43. The molecule has 1 rings (SSSR count). The maximum Gasteiger partial charge on any atom is 0.472 e. The van der Waals surface area contributed by atoms with Gasteiger partial charge in [0.2, 0.25) is 0 Å². The van der Waals surface area contributed by atoms with Crippen molar-refractivity contribution < 1.29 is 33.5 Å². The molecule has 8 heteroatoms. The van der Waals surface area contributed by atoms with Gasteiger partial charge in [0.25, 0.3) is 0 Å². The molecule has 1 heterocycles. The van der Waals surface area contributed by atoms with Crippen molar-refractivity contribution >= 4 is 13.6 Å². The topological polar surface area (TPSA) is 113 Å². The normalized spacial score (nSPS) is 42.5. The molecule has 0 spiro atoms. The van der Waals surface area contributed by atoms with Gasteiger partial charge in [-0.05, 0) is 0 Å². The smallest absolute Gasteiger partial charge is 0.388 e. The third-order valence-electron chi connectivity index (χ3n) is 1.47.